The minimum absolute atomic E-state index is 0.0225. The van der Waals surface area contributed by atoms with Gasteiger partial charge in [0.1, 0.15) is 17.0 Å². The van der Waals surface area contributed by atoms with Gasteiger partial charge in [-0.15, -0.1) is 0 Å². The normalized spacial score (nSPS) is 11.0. The maximum absolute atomic E-state index is 12.3. The number of aromatic nitrogens is 2. The van der Waals surface area contributed by atoms with E-state index in [0.29, 0.717) is 22.4 Å². The molecule has 1 aromatic carbocycles. The number of ketones is 1. The summed E-state index contributed by atoms with van der Waals surface area (Å²) >= 11 is 6.37. The molecule has 0 spiro atoms. The van der Waals surface area contributed by atoms with Crippen LogP contribution in [0, 0.1) is 24.2 Å². The zero-order valence-electron chi connectivity index (χ0n) is 14.5. The molecular formula is C19H20ClN3O2. The van der Waals surface area contributed by atoms with Gasteiger partial charge in [0.15, 0.2) is 12.4 Å². The third-order valence-electron chi connectivity index (χ3n) is 3.49. The minimum atomic E-state index is -0.140. The number of benzene rings is 1. The summed E-state index contributed by atoms with van der Waals surface area (Å²) in [5, 5.41) is 13.4. The first-order valence-corrected chi connectivity index (χ1v) is 8.35. The van der Waals surface area contributed by atoms with Gasteiger partial charge in [-0.1, -0.05) is 25.4 Å². The van der Waals surface area contributed by atoms with E-state index in [1.54, 1.807) is 35.0 Å². The van der Waals surface area contributed by atoms with Gasteiger partial charge in [0.05, 0.1) is 5.69 Å². The SMILES string of the molecule is Cc1nn(CC(C)C)c(Cl)c1/C=C/C(=O)c1ccc(OCC#N)cc1. The van der Waals surface area contributed by atoms with Crippen molar-refractivity contribution in [1.82, 2.24) is 9.78 Å². The highest BCUT2D eigenvalue weighted by Gasteiger charge is 2.12. The van der Waals surface area contributed by atoms with Gasteiger partial charge in [-0.2, -0.15) is 10.4 Å². The Balaban J connectivity index is 2.12. The topological polar surface area (TPSA) is 67.9 Å². The Kier molecular flexibility index (Phi) is 6.37. The van der Waals surface area contributed by atoms with Crippen molar-refractivity contribution < 1.29 is 9.53 Å². The fourth-order valence-electron chi connectivity index (χ4n) is 2.31. The molecule has 5 nitrogen and oxygen atoms in total. The molecule has 2 aromatic rings. The molecular weight excluding hydrogens is 338 g/mol. The number of hydrogen-bond acceptors (Lipinski definition) is 4. The Morgan fingerprint density at radius 2 is 2.08 bits per heavy atom. The predicted octanol–water partition coefficient (Wildman–Crippen LogP) is 4.30. The molecule has 0 N–H and O–H groups in total. The van der Waals surface area contributed by atoms with Gasteiger partial charge in [0.2, 0.25) is 0 Å². The largest absolute Gasteiger partial charge is 0.479 e. The highest BCUT2D eigenvalue weighted by Crippen LogP contribution is 2.22. The Morgan fingerprint density at radius 3 is 2.68 bits per heavy atom. The van der Waals surface area contributed by atoms with Gasteiger partial charge in [-0.25, -0.2) is 0 Å². The fourth-order valence-corrected chi connectivity index (χ4v) is 2.62. The third-order valence-corrected chi connectivity index (χ3v) is 3.89. The number of hydrogen-bond donors (Lipinski definition) is 0. The van der Waals surface area contributed by atoms with Crippen molar-refractivity contribution in [3.05, 3.63) is 52.3 Å². The fraction of sp³-hybridized carbons (Fsp3) is 0.316. The molecule has 0 saturated carbocycles. The molecule has 0 atom stereocenters. The van der Waals surface area contributed by atoms with Crippen molar-refractivity contribution in [2.75, 3.05) is 6.61 Å². The number of nitrogens with zero attached hydrogens (tertiary/aromatic N) is 3. The van der Waals surface area contributed by atoms with Gasteiger partial charge >= 0.3 is 0 Å². The third kappa shape index (κ3) is 4.94. The Morgan fingerprint density at radius 1 is 1.40 bits per heavy atom. The van der Waals surface area contributed by atoms with Crippen LogP contribution in [0.1, 0.15) is 35.5 Å². The number of rotatable bonds is 7. The summed E-state index contributed by atoms with van der Waals surface area (Å²) in [6.45, 7) is 6.76. The zero-order chi connectivity index (χ0) is 18.4. The number of ether oxygens (including phenoxy) is 1. The molecule has 0 fully saturated rings. The van der Waals surface area contributed by atoms with Gasteiger partial charge in [-0.05, 0) is 49.3 Å². The second-order valence-corrected chi connectivity index (χ2v) is 6.39. The summed E-state index contributed by atoms with van der Waals surface area (Å²) in [5.74, 6) is 0.840. The molecule has 0 aliphatic carbocycles. The second kappa shape index (κ2) is 8.50. The van der Waals surface area contributed by atoms with E-state index in [2.05, 4.69) is 18.9 Å². The standard InChI is InChI=1S/C19H20ClN3O2/c1-13(2)12-23-19(20)17(14(3)22-23)8-9-18(24)15-4-6-16(7-5-15)25-11-10-21/h4-9,13H,11-12H2,1-3H3/b9-8+. The molecule has 0 unspecified atom stereocenters. The molecule has 1 aromatic heterocycles. The van der Waals surface area contributed by atoms with Crippen LogP contribution in [0.5, 0.6) is 5.75 Å². The van der Waals surface area contributed by atoms with Crippen molar-refractivity contribution in [2.24, 2.45) is 5.92 Å². The first-order valence-electron chi connectivity index (χ1n) is 7.97. The van der Waals surface area contributed by atoms with Gasteiger partial charge in [0, 0.05) is 17.7 Å². The summed E-state index contributed by atoms with van der Waals surface area (Å²) in [5.41, 5.74) is 2.07. The molecule has 0 aliphatic rings. The van der Waals surface area contributed by atoms with Crippen molar-refractivity contribution >= 4 is 23.5 Å². The average molecular weight is 358 g/mol. The van der Waals surface area contributed by atoms with Gasteiger partial charge in [-0.3, -0.25) is 9.48 Å². The van der Waals surface area contributed by atoms with E-state index in [-0.39, 0.29) is 12.4 Å². The number of allylic oxidation sites excluding steroid dienone is 1. The van der Waals surface area contributed by atoms with Crippen molar-refractivity contribution in [3.8, 4) is 11.8 Å². The van der Waals surface area contributed by atoms with Crippen molar-refractivity contribution in [1.29, 1.82) is 5.26 Å². The Labute approximate surface area is 152 Å². The highest BCUT2D eigenvalue weighted by atomic mass is 35.5. The lowest BCUT2D eigenvalue weighted by molar-refractivity contribution is 0.104. The van der Waals surface area contributed by atoms with E-state index in [1.165, 1.54) is 6.08 Å². The van der Waals surface area contributed by atoms with Crippen LogP contribution >= 0.6 is 11.6 Å². The van der Waals surface area contributed by atoms with Crippen LogP contribution in [-0.4, -0.2) is 22.2 Å². The number of carbonyl (C=O) groups excluding carboxylic acids is 1. The van der Waals surface area contributed by atoms with Crippen molar-refractivity contribution in [3.63, 3.8) is 0 Å². The lowest BCUT2D eigenvalue weighted by atomic mass is 10.1. The summed E-state index contributed by atoms with van der Waals surface area (Å²) < 4.78 is 6.92. The number of halogens is 1. The Bertz CT molecular complexity index is 814. The van der Waals surface area contributed by atoms with Crippen LogP contribution < -0.4 is 4.74 Å². The molecule has 0 saturated heterocycles. The minimum Gasteiger partial charge on any atom is -0.479 e. The first kappa shape index (κ1) is 18.8. The van der Waals surface area contributed by atoms with E-state index in [1.807, 2.05) is 13.0 Å². The first-order chi connectivity index (χ1) is 11.9. The lowest BCUT2D eigenvalue weighted by Gasteiger charge is -2.05. The molecule has 0 amide bonds. The monoisotopic (exact) mass is 357 g/mol. The van der Waals surface area contributed by atoms with E-state index < -0.39 is 0 Å². The maximum Gasteiger partial charge on any atom is 0.185 e. The molecule has 1 heterocycles. The van der Waals surface area contributed by atoms with E-state index in [9.17, 15) is 4.79 Å². The summed E-state index contributed by atoms with van der Waals surface area (Å²) in [6, 6.07) is 8.55. The molecule has 0 bridgehead atoms. The number of carbonyl (C=O) groups is 1. The van der Waals surface area contributed by atoms with E-state index in [0.717, 1.165) is 17.8 Å². The van der Waals surface area contributed by atoms with Crippen LogP contribution in [0.15, 0.2) is 30.3 Å². The molecule has 130 valence electrons. The highest BCUT2D eigenvalue weighted by molar-refractivity contribution is 6.31. The van der Waals surface area contributed by atoms with Crippen LogP contribution in [0.25, 0.3) is 6.08 Å². The van der Waals surface area contributed by atoms with Crippen LogP contribution in [-0.2, 0) is 6.54 Å². The molecule has 25 heavy (non-hydrogen) atoms. The Hall–Kier alpha value is -2.58. The quantitative estimate of drug-likeness (QED) is 0.547. The summed E-state index contributed by atoms with van der Waals surface area (Å²) in [4.78, 5) is 12.3. The van der Waals surface area contributed by atoms with E-state index >= 15 is 0 Å². The molecule has 6 heteroatoms. The molecule has 0 radical (unpaired) electrons. The van der Waals surface area contributed by atoms with E-state index in [4.69, 9.17) is 21.6 Å². The maximum atomic E-state index is 12.3. The van der Waals surface area contributed by atoms with Crippen LogP contribution in [0.2, 0.25) is 5.15 Å². The van der Waals surface area contributed by atoms with Crippen molar-refractivity contribution in [2.45, 2.75) is 27.3 Å². The number of nitriles is 1. The smallest absolute Gasteiger partial charge is 0.185 e. The van der Waals surface area contributed by atoms with Crippen LogP contribution in [0.4, 0.5) is 0 Å². The summed E-state index contributed by atoms with van der Waals surface area (Å²) in [6.07, 6.45) is 3.19. The predicted molar refractivity (Wildman–Crippen MR) is 97.7 cm³/mol. The second-order valence-electron chi connectivity index (χ2n) is 6.03. The summed E-state index contributed by atoms with van der Waals surface area (Å²) in [7, 11) is 0. The average Bonchev–Trinajstić information content (AvgIpc) is 2.84. The lowest BCUT2D eigenvalue weighted by Crippen LogP contribution is -2.06. The van der Waals surface area contributed by atoms with Gasteiger partial charge < -0.3 is 4.74 Å². The van der Waals surface area contributed by atoms with Crippen LogP contribution in [0.3, 0.4) is 0 Å². The van der Waals surface area contributed by atoms with Gasteiger partial charge in [0.25, 0.3) is 0 Å². The number of aryl methyl sites for hydroxylation is 1. The molecule has 0 aliphatic heterocycles. The zero-order valence-corrected chi connectivity index (χ0v) is 15.2. The molecule has 2 rings (SSSR count).